The van der Waals surface area contributed by atoms with E-state index in [1.54, 1.807) is 0 Å². The molecule has 0 aliphatic rings. The molecule has 0 atom stereocenters. The molecule has 0 aliphatic heterocycles. The van der Waals surface area contributed by atoms with Crippen LogP contribution in [0.25, 0.3) is 0 Å². The fraction of sp³-hybridized carbons (Fsp3) is 1.00. The van der Waals surface area contributed by atoms with Gasteiger partial charge in [0.25, 0.3) is 0 Å². The van der Waals surface area contributed by atoms with Crippen LogP contribution in [0.5, 0.6) is 0 Å². The van der Waals surface area contributed by atoms with Crippen LogP contribution in [0.1, 0.15) is 7.43 Å². The van der Waals surface area contributed by atoms with Crippen LogP contribution in [0.15, 0.2) is 0 Å². The van der Waals surface area contributed by atoms with Crippen molar-refractivity contribution < 1.29 is 4.12 Å². The van der Waals surface area contributed by atoms with Crippen molar-refractivity contribution in [1.29, 1.82) is 0 Å². The minimum absolute atomic E-state index is 0. The highest BCUT2D eigenvalue weighted by Gasteiger charge is 1.67. The maximum Gasteiger partial charge on any atom is 0.142 e. The molecule has 0 heterocycles. The van der Waals surface area contributed by atoms with E-state index in [0.717, 1.165) is 0 Å². The molecule has 0 amide bonds. The molecular formula is C3H14OSi2. The lowest BCUT2D eigenvalue weighted by Crippen LogP contribution is -1.92. The predicted molar refractivity (Wildman–Crippen MR) is 36.6 cm³/mol. The van der Waals surface area contributed by atoms with Crippen LogP contribution < -0.4 is 0 Å². The third-order valence-electron chi connectivity index (χ3n) is 0.408. The average Bonchev–Trinajstić information content (AvgIpc) is 1.41. The van der Waals surface area contributed by atoms with Crippen LogP contribution in [0.3, 0.4) is 0 Å². The Morgan fingerprint density at radius 1 is 1.17 bits per heavy atom. The monoisotopic (exact) mass is 122 g/mol. The summed E-state index contributed by atoms with van der Waals surface area (Å²) >= 11 is 0. The van der Waals surface area contributed by atoms with Gasteiger partial charge >= 0.3 is 0 Å². The molecule has 0 bridgehead atoms. The largest absolute Gasteiger partial charge is 0.466 e. The highest BCUT2D eigenvalue weighted by molar-refractivity contribution is 6.40. The summed E-state index contributed by atoms with van der Waals surface area (Å²) in [6.07, 6.45) is 0. The SMILES string of the molecule is C.C[SiH2]O[SiH2]C. The highest BCUT2D eigenvalue weighted by atomic mass is 28.3. The van der Waals surface area contributed by atoms with Crippen LogP contribution in [0.4, 0.5) is 0 Å². The van der Waals surface area contributed by atoms with E-state index in [4.69, 9.17) is 4.12 Å². The van der Waals surface area contributed by atoms with Crippen LogP contribution in [-0.2, 0) is 4.12 Å². The summed E-state index contributed by atoms with van der Waals surface area (Å²) in [6.45, 7) is 4.33. The number of hydrogen-bond acceptors (Lipinski definition) is 1. The second-order valence-corrected chi connectivity index (χ2v) is 3.57. The Morgan fingerprint density at radius 2 is 1.50 bits per heavy atom. The molecule has 0 unspecified atom stereocenters. The molecule has 0 aliphatic carbocycles. The Hall–Kier alpha value is 0.394. The molecule has 0 saturated heterocycles. The minimum atomic E-state index is -0.0243. The fourth-order valence-corrected chi connectivity index (χ4v) is 1.84. The van der Waals surface area contributed by atoms with Crippen molar-refractivity contribution in [1.82, 2.24) is 0 Å². The summed E-state index contributed by atoms with van der Waals surface area (Å²) in [5.41, 5.74) is 0. The highest BCUT2D eigenvalue weighted by Crippen LogP contribution is 1.58. The van der Waals surface area contributed by atoms with E-state index in [2.05, 4.69) is 13.1 Å². The fourth-order valence-electron chi connectivity index (χ4n) is 0.204. The van der Waals surface area contributed by atoms with E-state index in [-0.39, 0.29) is 27.0 Å². The normalized spacial score (nSPS) is 11.0. The van der Waals surface area contributed by atoms with Gasteiger partial charge in [-0.25, -0.2) is 0 Å². The average molecular weight is 122 g/mol. The second kappa shape index (κ2) is 9.04. The first-order chi connectivity index (χ1) is 2.41. The maximum atomic E-state index is 5.11. The molecule has 6 heavy (non-hydrogen) atoms. The van der Waals surface area contributed by atoms with Gasteiger partial charge in [-0.3, -0.25) is 0 Å². The Balaban J connectivity index is 0. The topological polar surface area (TPSA) is 9.23 Å². The molecule has 40 valence electrons. The van der Waals surface area contributed by atoms with Crippen molar-refractivity contribution in [2.24, 2.45) is 0 Å². The summed E-state index contributed by atoms with van der Waals surface area (Å²) in [7, 11) is -0.0486. The van der Waals surface area contributed by atoms with Crippen molar-refractivity contribution in [2.75, 3.05) is 0 Å². The van der Waals surface area contributed by atoms with Gasteiger partial charge < -0.3 is 4.12 Å². The molecule has 0 spiro atoms. The van der Waals surface area contributed by atoms with Gasteiger partial charge in [0.1, 0.15) is 19.5 Å². The molecular weight excluding hydrogens is 108 g/mol. The van der Waals surface area contributed by atoms with Crippen LogP contribution >= 0.6 is 0 Å². The number of rotatable bonds is 2. The summed E-state index contributed by atoms with van der Waals surface area (Å²) < 4.78 is 5.11. The van der Waals surface area contributed by atoms with Crippen molar-refractivity contribution in [3.8, 4) is 0 Å². The molecule has 1 nitrogen and oxygen atoms in total. The van der Waals surface area contributed by atoms with E-state index < -0.39 is 0 Å². The molecule has 0 radical (unpaired) electrons. The van der Waals surface area contributed by atoms with E-state index >= 15 is 0 Å². The van der Waals surface area contributed by atoms with Crippen molar-refractivity contribution in [3.63, 3.8) is 0 Å². The predicted octanol–water partition coefficient (Wildman–Crippen LogP) is -0.0971. The standard InChI is InChI=1S/C2H10OSi2.CH4/c1-4-3-5-2;/h4-5H2,1-2H3;1H4. The van der Waals surface area contributed by atoms with Gasteiger partial charge in [0.05, 0.1) is 0 Å². The van der Waals surface area contributed by atoms with Gasteiger partial charge in [-0.2, -0.15) is 0 Å². The van der Waals surface area contributed by atoms with Crippen molar-refractivity contribution in [3.05, 3.63) is 0 Å². The first kappa shape index (κ1) is 9.64. The third-order valence-corrected chi connectivity index (χ3v) is 3.67. The smallest absolute Gasteiger partial charge is 0.142 e. The van der Waals surface area contributed by atoms with E-state index in [1.165, 1.54) is 0 Å². The molecule has 3 heteroatoms. The van der Waals surface area contributed by atoms with Crippen molar-refractivity contribution >= 4 is 19.5 Å². The summed E-state index contributed by atoms with van der Waals surface area (Å²) in [4.78, 5) is 0. The zero-order valence-corrected chi connectivity index (χ0v) is 6.65. The second-order valence-electron chi connectivity index (χ2n) is 0.781. The molecule has 0 fully saturated rings. The molecule has 0 N–H and O–H groups in total. The first-order valence-electron chi connectivity index (χ1n) is 1.99. The lowest BCUT2D eigenvalue weighted by atomic mass is 11.9. The van der Waals surface area contributed by atoms with Gasteiger partial charge in [-0.15, -0.1) is 0 Å². The van der Waals surface area contributed by atoms with Crippen LogP contribution in [0.2, 0.25) is 13.1 Å². The van der Waals surface area contributed by atoms with Crippen LogP contribution in [-0.4, -0.2) is 19.5 Å². The maximum absolute atomic E-state index is 5.11. The lowest BCUT2D eigenvalue weighted by molar-refractivity contribution is 0.652. The Bertz CT molecular complexity index is 16.3. The molecule has 0 aromatic heterocycles. The van der Waals surface area contributed by atoms with Gasteiger partial charge in [-0.1, -0.05) is 20.5 Å². The molecule has 0 saturated carbocycles. The van der Waals surface area contributed by atoms with Crippen molar-refractivity contribution in [2.45, 2.75) is 20.5 Å². The van der Waals surface area contributed by atoms with Gasteiger partial charge in [0, 0.05) is 0 Å². The Morgan fingerprint density at radius 3 is 1.50 bits per heavy atom. The van der Waals surface area contributed by atoms with Gasteiger partial charge in [-0.05, 0) is 0 Å². The third kappa shape index (κ3) is 8.83. The minimum Gasteiger partial charge on any atom is -0.466 e. The summed E-state index contributed by atoms with van der Waals surface area (Å²) in [6, 6.07) is 0. The first-order valence-corrected chi connectivity index (χ1v) is 5.97. The lowest BCUT2D eigenvalue weighted by Gasteiger charge is -1.85. The van der Waals surface area contributed by atoms with Gasteiger partial charge in [0.2, 0.25) is 0 Å². The van der Waals surface area contributed by atoms with E-state index in [0.29, 0.717) is 0 Å². The summed E-state index contributed by atoms with van der Waals surface area (Å²) in [5, 5.41) is 0. The van der Waals surface area contributed by atoms with E-state index in [9.17, 15) is 0 Å². The summed E-state index contributed by atoms with van der Waals surface area (Å²) in [5.74, 6) is 0. The molecule has 0 rings (SSSR count). The Kier molecular flexibility index (Phi) is 14.5. The molecule has 0 aromatic carbocycles. The van der Waals surface area contributed by atoms with Gasteiger partial charge in [0.15, 0.2) is 0 Å². The number of hydrogen-bond donors (Lipinski definition) is 0. The quantitative estimate of drug-likeness (QED) is 0.465. The Labute approximate surface area is 45.0 Å². The zero-order valence-electron chi connectivity index (χ0n) is 3.82. The zero-order chi connectivity index (χ0) is 4.12. The molecule has 0 aromatic rings. The van der Waals surface area contributed by atoms with E-state index in [1.807, 2.05) is 0 Å². The van der Waals surface area contributed by atoms with Crippen LogP contribution in [0, 0.1) is 0 Å².